The van der Waals surface area contributed by atoms with E-state index < -0.39 is 17.3 Å². The summed E-state index contributed by atoms with van der Waals surface area (Å²) in [6.07, 6.45) is 10.9. The number of thiocarbonyl (C=S) groups is 1. The first-order valence-corrected chi connectivity index (χ1v) is 14.5. The highest BCUT2D eigenvalue weighted by molar-refractivity contribution is 8.26. The molecule has 2 aromatic heterocycles. The first kappa shape index (κ1) is 29.4. The number of carboxylic acid groups (broad SMARTS) is 1. The Kier molecular flexibility index (Phi) is 10.4. The van der Waals surface area contributed by atoms with Gasteiger partial charge in [-0.15, -0.1) is 0 Å². The van der Waals surface area contributed by atoms with Crippen LogP contribution in [0.5, 0.6) is 11.6 Å². The number of thioether (sulfide) groups is 1. The molecular formula is C29H30FN3O5S2. The van der Waals surface area contributed by atoms with Crippen molar-refractivity contribution in [2.75, 3.05) is 6.54 Å². The molecule has 11 heteroatoms. The molecule has 0 saturated carbocycles. The van der Waals surface area contributed by atoms with Crippen LogP contribution in [0.3, 0.4) is 0 Å². The summed E-state index contributed by atoms with van der Waals surface area (Å²) in [7, 11) is 0. The van der Waals surface area contributed by atoms with Gasteiger partial charge in [0, 0.05) is 19.2 Å². The van der Waals surface area contributed by atoms with E-state index in [9.17, 15) is 18.8 Å². The van der Waals surface area contributed by atoms with Crippen molar-refractivity contribution in [3.8, 4) is 11.6 Å². The fourth-order valence-corrected chi connectivity index (χ4v) is 5.62. The molecule has 1 fully saturated rings. The lowest BCUT2D eigenvalue weighted by molar-refractivity contribution is -0.137. The summed E-state index contributed by atoms with van der Waals surface area (Å²) in [5.41, 5.74) is 0.0578. The van der Waals surface area contributed by atoms with Crippen LogP contribution in [0.1, 0.15) is 63.4 Å². The second kappa shape index (κ2) is 14.2. The normalized spacial score (nSPS) is 14.4. The van der Waals surface area contributed by atoms with Crippen LogP contribution >= 0.6 is 24.0 Å². The highest BCUT2D eigenvalue weighted by atomic mass is 32.2. The molecule has 8 nitrogen and oxygen atoms in total. The number of fused-ring (bicyclic) bond motifs is 1. The zero-order valence-electron chi connectivity index (χ0n) is 21.9. The molecule has 0 unspecified atom stereocenters. The van der Waals surface area contributed by atoms with E-state index in [-0.39, 0.29) is 23.8 Å². The molecule has 0 aliphatic carbocycles. The van der Waals surface area contributed by atoms with Gasteiger partial charge in [-0.25, -0.2) is 4.39 Å². The number of unbranched alkanes of at least 4 members (excludes halogenated alkanes) is 7. The van der Waals surface area contributed by atoms with Gasteiger partial charge in [0.15, 0.2) is 0 Å². The Labute approximate surface area is 240 Å². The number of carboxylic acids is 1. The lowest BCUT2D eigenvalue weighted by atomic mass is 10.1. The van der Waals surface area contributed by atoms with E-state index in [4.69, 9.17) is 22.1 Å². The average Bonchev–Trinajstić information content (AvgIpc) is 3.20. The maximum Gasteiger partial charge on any atom is 0.303 e. The van der Waals surface area contributed by atoms with Gasteiger partial charge >= 0.3 is 5.97 Å². The Morgan fingerprint density at radius 2 is 1.68 bits per heavy atom. The van der Waals surface area contributed by atoms with Crippen molar-refractivity contribution in [1.82, 2.24) is 14.3 Å². The summed E-state index contributed by atoms with van der Waals surface area (Å²) < 4.78 is 21.1. The number of nitrogens with zero attached hydrogens (tertiary/aromatic N) is 3. The Morgan fingerprint density at radius 3 is 2.38 bits per heavy atom. The number of rotatable bonds is 14. The van der Waals surface area contributed by atoms with Crippen LogP contribution in [0.15, 0.2) is 58.4 Å². The fraction of sp³-hybridized carbons (Fsp3) is 0.345. The minimum absolute atomic E-state index is 0.0102. The maximum absolute atomic E-state index is 13.4. The SMILES string of the molecule is O=C(O)CCCCCCCCCCN1C(=O)/C(=C\c2c(Oc3ccc(F)cc3)nc3ccccn3c2=O)SC1=S. The summed E-state index contributed by atoms with van der Waals surface area (Å²) in [5.74, 6) is -1.12. The van der Waals surface area contributed by atoms with E-state index in [2.05, 4.69) is 4.98 Å². The zero-order chi connectivity index (χ0) is 28.5. The van der Waals surface area contributed by atoms with E-state index in [0.29, 0.717) is 27.2 Å². The quantitative estimate of drug-likeness (QED) is 0.132. The highest BCUT2D eigenvalue weighted by Crippen LogP contribution is 2.34. The molecule has 1 aliphatic heterocycles. The number of aliphatic carboxylic acids is 1. The monoisotopic (exact) mass is 583 g/mol. The standard InChI is InChI=1S/C29H30FN3O5S2/c30-20-13-15-21(16-14-20)38-26-22(27(36)32-17-10-8-11-24(32)31-26)19-23-28(37)33(29(39)40-23)18-9-6-4-2-1-3-5-7-12-25(34)35/h8,10-11,13-17,19H,1-7,9,12,18H2,(H,34,35)/b23-19+. The molecule has 210 valence electrons. The number of aromatic nitrogens is 2. The zero-order valence-corrected chi connectivity index (χ0v) is 23.5. The Morgan fingerprint density at radius 1 is 1.00 bits per heavy atom. The molecule has 4 rings (SSSR count). The fourth-order valence-electron chi connectivity index (χ4n) is 4.33. The highest BCUT2D eigenvalue weighted by Gasteiger charge is 2.32. The third-order valence-electron chi connectivity index (χ3n) is 6.43. The summed E-state index contributed by atoms with van der Waals surface area (Å²) in [6, 6.07) is 10.5. The van der Waals surface area contributed by atoms with Crippen LogP contribution < -0.4 is 10.3 Å². The van der Waals surface area contributed by atoms with Crippen LogP contribution in [0, 0.1) is 5.82 Å². The molecular weight excluding hydrogens is 553 g/mol. The summed E-state index contributed by atoms with van der Waals surface area (Å²) in [5, 5.41) is 8.68. The van der Waals surface area contributed by atoms with Gasteiger partial charge < -0.3 is 9.84 Å². The van der Waals surface area contributed by atoms with Crippen LogP contribution in [0.4, 0.5) is 4.39 Å². The van der Waals surface area contributed by atoms with E-state index >= 15 is 0 Å². The van der Waals surface area contributed by atoms with Gasteiger partial charge in [-0.1, -0.05) is 68.6 Å². The number of carbonyl (C=O) groups is 2. The molecule has 0 bridgehead atoms. The van der Waals surface area contributed by atoms with Gasteiger partial charge in [0.1, 0.15) is 27.1 Å². The molecule has 0 spiro atoms. The number of benzene rings is 1. The Hall–Kier alpha value is -3.57. The van der Waals surface area contributed by atoms with Crippen LogP contribution in [-0.2, 0) is 9.59 Å². The van der Waals surface area contributed by atoms with Crippen molar-refractivity contribution in [3.05, 3.63) is 75.3 Å². The number of ether oxygens (including phenoxy) is 1. The lowest BCUT2D eigenvalue weighted by Crippen LogP contribution is -2.29. The average molecular weight is 584 g/mol. The maximum atomic E-state index is 13.4. The van der Waals surface area contributed by atoms with Crippen molar-refractivity contribution in [1.29, 1.82) is 0 Å². The molecule has 1 amide bonds. The number of hydrogen-bond acceptors (Lipinski definition) is 7. The van der Waals surface area contributed by atoms with Crippen molar-refractivity contribution in [2.45, 2.75) is 57.8 Å². The van der Waals surface area contributed by atoms with Gasteiger partial charge in [0.25, 0.3) is 11.5 Å². The molecule has 1 saturated heterocycles. The summed E-state index contributed by atoms with van der Waals surface area (Å²) in [6.45, 7) is 0.495. The Bertz CT molecular complexity index is 1470. The van der Waals surface area contributed by atoms with Gasteiger partial charge in [-0.3, -0.25) is 23.7 Å². The van der Waals surface area contributed by atoms with Crippen molar-refractivity contribution < 1.29 is 23.8 Å². The molecule has 0 atom stereocenters. The van der Waals surface area contributed by atoms with Gasteiger partial charge in [-0.05, 0) is 55.3 Å². The van der Waals surface area contributed by atoms with E-state index in [1.165, 1.54) is 34.7 Å². The molecule has 3 aromatic rings. The van der Waals surface area contributed by atoms with Crippen molar-refractivity contribution >= 4 is 51.9 Å². The largest absolute Gasteiger partial charge is 0.481 e. The molecule has 1 aliphatic rings. The second-order valence-corrected chi connectivity index (χ2v) is 11.1. The number of hydrogen-bond donors (Lipinski definition) is 1. The lowest BCUT2D eigenvalue weighted by Gasteiger charge is -2.14. The van der Waals surface area contributed by atoms with Gasteiger partial charge in [0.05, 0.1) is 4.91 Å². The number of amides is 1. The number of pyridine rings is 1. The van der Waals surface area contributed by atoms with Gasteiger partial charge in [-0.2, -0.15) is 4.98 Å². The topological polar surface area (TPSA) is 101 Å². The molecule has 40 heavy (non-hydrogen) atoms. The van der Waals surface area contributed by atoms with Gasteiger partial charge in [0.2, 0.25) is 5.88 Å². The minimum Gasteiger partial charge on any atom is -0.481 e. The summed E-state index contributed by atoms with van der Waals surface area (Å²) in [4.78, 5) is 43.5. The van der Waals surface area contributed by atoms with Crippen molar-refractivity contribution in [2.24, 2.45) is 0 Å². The first-order chi connectivity index (χ1) is 19.3. The number of halogens is 1. The van der Waals surface area contributed by atoms with Crippen LogP contribution in [0.2, 0.25) is 0 Å². The third kappa shape index (κ3) is 7.76. The van der Waals surface area contributed by atoms with E-state index in [1.54, 1.807) is 29.3 Å². The molecule has 1 N–H and O–H groups in total. The molecule has 3 heterocycles. The predicted molar refractivity (Wildman–Crippen MR) is 157 cm³/mol. The Balaban J connectivity index is 1.40. The number of carbonyl (C=O) groups excluding carboxylic acids is 1. The third-order valence-corrected chi connectivity index (χ3v) is 7.81. The van der Waals surface area contributed by atoms with E-state index in [0.717, 1.165) is 63.1 Å². The minimum atomic E-state index is -0.745. The molecule has 1 aromatic carbocycles. The van der Waals surface area contributed by atoms with Crippen LogP contribution in [-0.4, -0.2) is 42.1 Å². The molecule has 0 radical (unpaired) electrons. The van der Waals surface area contributed by atoms with E-state index in [1.807, 2.05) is 0 Å². The predicted octanol–water partition coefficient (Wildman–Crippen LogP) is 6.42. The summed E-state index contributed by atoms with van der Waals surface area (Å²) >= 11 is 6.60. The van der Waals surface area contributed by atoms with Crippen molar-refractivity contribution in [3.63, 3.8) is 0 Å². The first-order valence-electron chi connectivity index (χ1n) is 13.3. The second-order valence-electron chi connectivity index (χ2n) is 9.43. The van der Waals surface area contributed by atoms with Crippen LogP contribution in [0.25, 0.3) is 11.7 Å². The smallest absolute Gasteiger partial charge is 0.303 e.